The molecule has 2 heterocycles. The van der Waals surface area contributed by atoms with Crippen LogP contribution in [0, 0.1) is 6.92 Å². The first-order valence-corrected chi connectivity index (χ1v) is 3.65. The van der Waals surface area contributed by atoms with Crippen molar-refractivity contribution in [2.75, 3.05) is 0 Å². The highest BCUT2D eigenvalue weighted by atomic mass is 14.9. The van der Waals surface area contributed by atoms with Crippen LogP contribution in [-0.4, -0.2) is 9.55 Å². The van der Waals surface area contributed by atoms with Crippen LogP contribution in [0.2, 0.25) is 0 Å². The fourth-order valence-corrected chi connectivity index (χ4v) is 1.34. The summed E-state index contributed by atoms with van der Waals surface area (Å²) in [6.07, 6.45) is 3.90. The van der Waals surface area contributed by atoms with E-state index in [0.29, 0.717) is 0 Å². The normalized spacial score (nSPS) is 10.7. The summed E-state index contributed by atoms with van der Waals surface area (Å²) < 4.78 is 2.10. The Labute approximate surface area is 65.5 Å². The standard InChI is InChI=1S/C9H10N2/c1-7-8-4-6-11(2)9(8)3-5-10-7/h3-6H,1-2H3. The SMILES string of the molecule is Cc1nccc2c1ccn2C. The Bertz CT molecular complexity index is 387. The first kappa shape index (κ1) is 6.40. The molecule has 0 unspecified atom stereocenters. The maximum Gasteiger partial charge on any atom is 0.0511 e. The van der Waals surface area contributed by atoms with Gasteiger partial charge in [-0.25, -0.2) is 0 Å². The van der Waals surface area contributed by atoms with Gasteiger partial charge in [0.1, 0.15) is 0 Å². The second-order valence-corrected chi connectivity index (χ2v) is 2.76. The number of pyridine rings is 1. The molecule has 11 heavy (non-hydrogen) atoms. The summed E-state index contributed by atoms with van der Waals surface area (Å²) in [6.45, 7) is 2.03. The van der Waals surface area contributed by atoms with Crippen LogP contribution in [-0.2, 0) is 7.05 Å². The van der Waals surface area contributed by atoms with Crippen LogP contribution in [0.1, 0.15) is 5.69 Å². The van der Waals surface area contributed by atoms with E-state index >= 15 is 0 Å². The third kappa shape index (κ3) is 0.827. The maximum atomic E-state index is 4.21. The van der Waals surface area contributed by atoms with E-state index in [4.69, 9.17) is 0 Å². The Hall–Kier alpha value is -1.31. The molecule has 0 bridgehead atoms. The lowest BCUT2D eigenvalue weighted by Gasteiger charge is -1.96. The minimum absolute atomic E-state index is 1.10. The number of hydrogen-bond donors (Lipinski definition) is 0. The van der Waals surface area contributed by atoms with Crippen molar-refractivity contribution in [2.45, 2.75) is 6.92 Å². The van der Waals surface area contributed by atoms with Crippen LogP contribution in [0.3, 0.4) is 0 Å². The highest BCUT2D eigenvalue weighted by Gasteiger charge is 1.98. The van der Waals surface area contributed by atoms with Crippen LogP contribution in [0.25, 0.3) is 10.9 Å². The number of nitrogens with zero attached hydrogens (tertiary/aromatic N) is 2. The van der Waals surface area contributed by atoms with Crippen LogP contribution in [0.5, 0.6) is 0 Å². The van der Waals surface area contributed by atoms with E-state index in [1.807, 2.05) is 26.2 Å². The number of aromatic nitrogens is 2. The maximum absolute atomic E-state index is 4.21. The van der Waals surface area contributed by atoms with Gasteiger partial charge >= 0.3 is 0 Å². The molecule has 56 valence electrons. The van der Waals surface area contributed by atoms with Gasteiger partial charge in [-0.1, -0.05) is 0 Å². The van der Waals surface area contributed by atoms with Crippen molar-refractivity contribution in [1.82, 2.24) is 9.55 Å². The molecule has 0 fully saturated rings. The second kappa shape index (κ2) is 2.09. The lowest BCUT2D eigenvalue weighted by Crippen LogP contribution is -1.85. The minimum atomic E-state index is 1.10. The minimum Gasteiger partial charge on any atom is -0.350 e. The summed E-state index contributed by atoms with van der Waals surface area (Å²) in [5, 5.41) is 1.25. The molecule has 0 radical (unpaired) electrons. The monoisotopic (exact) mass is 146 g/mol. The van der Waals surface area contributed by atoms with Gasteiger partial charge in [-0.2, -0.15) is 0 Å². The summed E-state index contributed by atoms with van der Waals surface area (Å²) in [7, 11) is 2.04. The smallest absolute Gasteiger partial charge is 0.0511 e. The first-order chi connectivity index (χ1) is 5.29. The first-order valence-electron chi connectivity index (χ1n) is 3.65. The highest BCUT2D eigenvalue weighted by molar-refractivity contribution is 5.81. The summed E-state index contributed by atoms with van der Waals surface area (Å²) >= 11 is 0. The van der Waals surface area contributed by atoms with Crippen LogP contribution in [0.15, 0.2) is 24.5 Å². The molecular formula is C9H10N2. The zero-order valence-corrected chi connectivity index (χ0v) is 6.70. The molecule has 0 aliphatic heterocycles. The topological polar surface area (TPSA) is 17.8 Å². The summed E-state index contributed by atoms with van der Waals surface area (Å²) in [5.74, 6) is 0. The fourth-order valence-electron chi connectivity index (χ4n) is 1.34. The molecule has 2 rings (SSSR count). The van der Waals surface area contributed by atoms with Crippen molar-refractivity contribution in [3.05, 3.63) is 30.2 Å². The van der Waals surface area contributed by atoms with Crippen molar-refractivity contribution in [3.63, 3.8) is 0 Å². The number of aryl methyl sites for hydroxylation is 2. The molecule has 0 aromatic carbocycles. The van der Waals surface area contributed by atoms with Gasteiger partial charge in [0, 0.05) is 30.5 Å². The van der Waals surface area contributed by atoms with E-state index in [1.54, 1.807) is 0 Å². The van der Waals surface area contributed by atoms with Gasteiger partial charge in [-0.15, -0.1) is 0 Å². The average Bonchev–Trinajstić information content (AvgIpc) is 2.35. The summed E-state index contributed by atoms with van der Waals surface area (Å²) in [4.78, 5) is 4.21. The number of hydrogen-bond acceptors (Lipinski definition) is 1. The molecule has 0 N–H and O–H groups in total. The molecule has 0 amide bonds. The predicted molar refractivity (Wildman–Crippen MR) is 45.5 cm³/mol. The van der Waals surface area contributed by atoms with Crippen molar-refractivity contribution in [1.29, 1.82) is 0 Å². The molecule has 2 heteroatoms. The number of rotatable bonds is 0. The molecule has 0 aliphatic rings. The van der Waals surface area contributed by atoms with Gasteiger partial charge in [-0.05, 0) is 19.1 Å². The Balaban J connectivity index is 2.94. The Morgan fingerprint density at radius 3 is 2.91 bits per heavy atom. The molecule has 2 nitrogen and oxygen atoms in total. The largest absolute Gasteiger partial charge is 0.350 e. The lowest BCUT2D eigenvalue weighted by atomic mass is 10.2. The third-order valence-corrected chi connectivity index (χ3v) is 2.01. The van der Waals surface area contributed by atoms with E-state index in [9.17, 15) is 0 Å². The van der Waals surface area contributed by atoms with E-state index in [0.717, 1.165) is 5.69 Å². The van der Waals surface area contributed by atoms with Gasteiger partial charge in [0.25, 0.3) is 0 Å². The molecule has 0 aliphatic carbocycles. The van der Waals surface area contributed by atoms with Crippen LogP contribution >= 0.6 is 0 Å². The highest BCUT2D eigenvalue weighted by Crippen LogP contribution is 2.15. The van der Waals surface area contributed by atoms with Crippen LogP contribution in [0.4, 0.5) is 0 Å². The summed E-state index contributed by atoms with van der Waals surface area (Å²) in [6, 6.07) is 4.12. The van der Waals surface area contributed by atoms with Crippen molar-refractivity contribution in [3.8, 4) is 0 Å². The zero-order valence-electron chi connectivity index (χ0n) is 6.70. The van der Waals surface area contributed by atoms with Gasteiger partial charge in [0.15, 0.2) is 0 Å². The van der Waals surface area contributed by atoms with Gasteiger partial charge in [0.05, 0.1) is 5.52 Å². The van der Waals surface area contributed by atoms with E-state index in [-0.39, 0.29) is 0 Å². The molecule has 0 spiro atoms. The zero-order chi connectivity index (χ0) is 7.84. The number of fused-ring (bicyclic) bond motifs is 1. The van der Waals surface area contributed by atoms with E-state index in [2.05, 4.69) is 21.8 Å². The van der Waals surface area contributed by atoms with Gasteiger partial charge in [0.2, 0.25) is 0 Å². The van der Waals surface area contributed by atoms with E-state index < -0.39 is 0 Å². The summed E-state index contributed by atoms with van der Waals surface area (Å²) in [5.41, 5.74) is 2.35. The molecule has 0 atom stereocenters. The van der Waals surface area contributed by atoms with Crippen molar-refractivity contribution < 1.29 is 0 Å². The van der Waals surface area contributed by atoms with Crippen molar-refractivity contribution in [2.24, 2.45) is 7.05 Å². The lowest BCUT2D eigenvalue weighted by molar-refractivity contribution is 0.967. The molecular weight excluding hydrogens is 136 g/mol. The molecule has 2 aromatic heterocycles. The fraction of sp³-hybridized carbons (Fsp3) is 0.222. The second-order valence-electron chi connectivity index (χ2n) is 2.76. The Morgan fingerprint density at radius 1 is 1.36 bits per heavy atom. The quantitative estimate of drug-likeness (QED) is 0.555. The third-order valence-electron chi connectivity index (χ3n) is 2.01. The van der Waals surface area contributed by atoms with E-state index in [1.165, 1.54) is 10.9 Å². The van der Waals surface area contributed by atoms with Crippen molar-refractivity contribution >= 4 is 10.9 Å². The van der Waals surface area contributed by atoms with Gasteiger partial charge < -0.3 is 4.57 Å². The molecule has 0 saturated carbocycles. The Kier molecular flexibility index (Phi) is 1.22. The average molecular weight is 146 g/mol. The predicted octanol–water partition coefficient (Wildman–Crippen LogP) is 1.88. The molecule has 0 saturated heterocycles. The van der Waals surface area contributed by atoms with Gasteiger partial charge in [-0.3, -0.25) is 4.98 Å². The Morgan fingerprint density at radius 2 is 2.18 bits per heavy atom. The molecule has 2 aromatic rings. The van der Waals surface area contributed by atoms with Crippen LogP contribution < -0.4 is 0 Å².